The van der Waals surface area contributed by atoms with E-state index in [0.29, 0.717) is 6.54 Å². The van der Waals surface area contributed by atoms with Gasteiger partial charge >= 0.3 is 0 Å². The monoisotopic (exact) mass is 379 g/mol. The topological polar surface area (TPSA) is 20.3 Å². The van der Waals surface area contributed by atoms with E-state index < -0.39 is 0 Å². The van der Waals surface area contributed by atoms with Crippen LogP contribution >= 0.6 is 22.6 Å². The number of amides is 1. The van der Waals surface area contributed by atoms with Crippen LogP contribution in [0.25, 0.3) is 0 Å². The first-order valence-corrected chi connectivity index (χ1v) is 7.63. The number of aryl methyl sites for hydroxylation is 2. The molecule has 0 unspecified atom stereocenters. The van der Waals surface area contributed by atoms with Crippen molar-refractivity contribution in [3.8, 4) is 0 Å². The van der Waals surface area contributed by atoms with Crippen LogP contribution in [-0.4, -0.2) is 17.9 Å². The number of benzene rings is 2. The molecule has 0 spiro atoms. The van der Waals surface area contributed by atoms with Gasteiger partial charge in [-0.1, -0.05) is 35.9 Å². The molecule has 0 bridgehead atoms. The molecule has 0 saturated carbocycles. The largest absolute Gasteiger partial charge is 0.337 e. The normalized spacial score (nSPS) is 10.4. The van der Waals surface area contributed by atoms with E-state index in [0.717, 1.165) is 9.13 Å². The Kier molecular flexibility index (Phi) is 4.81. The van der Waals surface area contributed by atoms with E-state index in [4.69, 9.17) is 0 Å². The minimum absolute atomic E-state index is 0.0648. The van der Waals surface area contributed by atoms with Crippen LogP contribution in [0.15, 0.2) is 42.5 Å². The molecule has 3 heteroatoms. The van der Waals surface area contributed by atoms with Gasteiger partial charge in [0.25, 0.3) is 5.91 Å². The molecule has 0 aliphatic rings. The van der Waals surface area contributed by atoms with Gasteiger partial charge in [0, 0.05) is 17.2 Å². The van der Waals surface area contributed by atoms with Gasteiger partial charge in [-0.25, -0.2) is 0 Å². The van der Waals surface area contributed by atoms with Gasteiger partial charge in [-0.15, -0.1) is 0 Å². The van der Waals surface area contributed by atoms with Crippen LogP contribution in [0.2, 0.25) is 0 Å². The smallest absolute Gasteiger partial charge is 0.254 e. The molecule has 2 nitrogen and oxygen atoms in total. The van der Waals surface area contributed by atoms with Crippen molar-refractivity contribution in [1.82, 2.24) is 4.90 Å². The Hall–Kier alpha value is -1.36. The third-order valence-electron chi connectivity index (χ3n) is 3.36. The summed E-state index contributed by atoms with van der Waals surface area (Å²) in [6, 6.07) is 14.0. The highest BCUT2D eigenvalue weighted by Gasteiger charge is 2.15. The van der Waals surface area contributed by atoms with Crippen molar-refractivity contribution in [1.29, 1.82) is 0 Å². The molecule has 0 aliphatic heterocycles. The summed E-state index contributed by atoms with van der Waals surface area (Å²) in [7, 11) is 1.85. The minimum Gasteiger partial charge on any atom is -0.337 e. The van der Waals surface area contributed by atoms with Crippen molar-refractivity contribution in [2.24, 2.45) is 0 Å². The molecule has 104 valence electrons. The Morgan fingerprint density at radius 3 is 2.50 bits per heavy atom. The molecule has 2 aromatic rings. The fourth-order valence-electron chi connectivity index (χ4n) is 2.19. The van der Waals surface area contributed by atoms with Crippen LogP contribution in [0.5, 0.6) is 0 Å². The lowest BCUT2D eigenvalue weighted by Gasteiger charge is -2.19. The molecule has 0 heterocycles. The molecule has 0 aliphatic carbocycles. The van der Waals surface area contributed by atoms with Gasteiger partial charge in [0.1, 0.15) is 0 Å². The van der Waals surface area contributed by atoms with Crippen molar-refractivity contribution in [3.63, 3.8) is 0 Å². The summed E-state index contributed by atoms with van der Waals surface area (Å²) < 4.78 is 0.988. The van der Waals surface area contributed by atoms with Crippen LogP contribution < -0.4 is 0 Å². The quantitative estimate of drug-likeness (QED) is 0.733. The van der Waals surface area contributed by atoms with Gasteiger partial charge in [0.05, 0.1) is 5.56 Å². The maximum atomic E-state index is 12.5. The molecule has 0 aromatic heterocycles. The third-order valence-corrected chi connectivity index (χ3v) is 4.30. The van der Waals surface area contributed by atoms with Gasteiger partial charge in [-0.3, -0.25) is 4.79 Å². The third kappa shape index (κ3) is 3.39. The Morgan fingerprint density at radius 1 is 1.15 bits per heavy atom. The van der Waals surface area contributed by atoms with Crippen molar-refractivity contribution in [3.05, 3.63) is 68.3 Å². The SMILES string of the molecule is Cc1ccc(CN(C)C(=O)c2ccccc2I)c(C)c1. The number of carbonyl (C=O) groups excluding carboxylic acids is 1. The summed E-state index contributed by atoms with van der Waals surface area (Å²) in [5.74, 6) is 0.0648. The number of halogens is 1. The van der Waals surface area contributed by atoms with Gasteiger partial charge in [-0.2, -0.15) is 0 Å². The molecule has 1 amide bonds. The van der Waals surface area contributed by atoms with E-state index >= 15 is 0 Å². The fraction of sp³-hybridized carbons (Fsp3) is 0.235. The van der Waals surface area contributed by atoms with E-state index in [9.17, 15) is 4.79 Å². The summed E-state index contributed by atoms with van der Waals surface area (Å²) >= 11 is 2.20. The number of nitrogens with zero attached hydrogens (tertiary/aromatic N) is 1. The predicted molar refractivity (Wildman–Crippen MR) is 90.9 cm³/mol. The highest BCUT2D eigenvalue weighted by molar-refractivity contribution is 14.1. The minimum atomic E-state index is 0.0648. The van der Waals surface area contributed by atoms with E-state index in [1.165, 1.54) is 16.7 Å². The molecule has 0 saturated heterocycles. The maximum Gasteiger partial charge on any atom is 0.254 e. The molecular formula is C17H18INO. The molecule has 0 atom stereocenters. The Bertz CT molecular complexity index is 637. The zero-order chi connectivity index (χ0) is 14.7. The van der Waals surface area contributed by atoms with E-state index in [1.807, 2.05) is 31.3 Å². The Labute approximate surface area is 133 Å². The van der Waals surface area contributed by atoms with Crippen LogP contribution in [-0.2, 0) is 6.54 Å². The zero-order valence-corrected chi connectivity index (χ0v) is 14.1. The molecular weight excluding hydrogens is 361 g/mol. The van der Waals surface area contributed by atoms with E-state index in [-0.39, 0.29) is 5.91 Å². The average molecular weight is 379 g/mol. The fourth-order valence-corrected chi connectivity index (χ4v) is 2.81. The molecule has 2 aromatic carbocycles. The second-order valence-corrected chi connectivity index (χ2v) is 6.23. The van der Waals surface area contributed by atoms with Crippen LogP contribution in [0.4, 0.5) is 0 Å². The molecule has 0 radical (unpaired) electrons. The summed E-state index contributed by atoms with van der Waals surface area (Å²) in [5.41, 5.74) is 4.43. The number of hydrogen-bond donors (Lipinski definition) is 0. The van der Waals surface area contributed by atoms with Crippen LogP contribution in [0, 0.1) is 17.4 Å². The van der Waals surface area contributed by atoms with E-state index in [1.54, 1.807) is 4.90 Å². The second-order valence-electron chi connectivity index (χ2n) is 5.07. The predicted octanol–water partition coefficient (Wildman–Crippen LogP) is 4.18. The van der Waals surface area contributed by atoms with E-state index in [2.05, 4.69) is 54.6 Å². The van der Waals surface area contributed by atoms with Gasteiger partial charge in [0.15, 0.2) is 0 Å². The lowest BCUT2D eigenvalue weighted by molar-refractivity contribution is 0.0784. The van der Waals surface area contributed by atoms with Gasteiger partial charge in [-0.05, 0) is 59.7 Å². The number of hydrogen-bond acceptors (Lipinski definition) is 1. The van der Waals surface area contributed by atoms with Crippen molar-refractivity contribution in [2.45, 2.75) is 20.4 Å². The zero-order valence-electron chi connectivity index (χ0n) is 12.0. The second kappa shape index (κ2) is 6.39. The molecule has 0 N–H and O–H groups in total. The van der Waals surface area contributed by atoms with Crippen molar-refractivity contribution in [2.75, 3.05) is 7.05 Å². The van der Waals surface area contributed by atoms with Crippen molar-refractivity contribution < 1.29 is 4.79 Å². The maximum absolute atomic E-state index is 12.5. The van der Waals surface area contributed by atoms with Crippen molar-refractivity contribution >= 4 is 28.5 Å². The standard InChI is InChI=1S/C17H18INO/c1-12-8-9-14(13(2)10-12)11-19(3)17(20)15-6-4-5-7-16(15)18/h4-10H,11H2,1-3H3. The summed E-state index contributed by atoms with van der Waals surface area (Å²) in [4.78, 5) is 14.2. The average Bonchev–Trinajstić information content (AvgIpc) is 2.41. The Balaban J connectivity index is 2.18. The first kappa shape index (κ1) is 15.0. The van der Waals surface area contributed by atoms with Crippen LogP contribution in [0.3, 0.4) is 0 Å². The summed E-state index contributed by atoms with van der Waals surface area (Å²) in [6.07, 6.45) is 0. The highest BCUT2D eigenvalue weighted by Crippen LogP contribution is 2.17. The lowest BCUT2D eigenvalue weighted by Crippen LogP contribution is -2.27. The summed E-state index contributed by atoms with van der Waals surface area (Å²) in [6.45, 7) is 4.81. The first-order valence-electron chi connectivity index (χ1n) is 6.55. The number of carbonyl (C=O) groups is 1. The molecule has 20 heavy (non-hydrogen) atoms. The number of rotatable bonds is 3. The lowest BCUT2D eigenvalue weighted by atomic mass is 10.1. The van der Waals surface area contributed by atoms with Gasteiger partial charge in [0.2, 0.25) is 0 Å². The van der Waals surface area contributed by atoms with Gasteiger partial charge < -0.3 is 4.90 Å². The first-order chi connectivity index (χ1) is 9.49. The van der Waals surface area contributed by atoms with Crippen LogP contribution in [0.1, 0.15) is 27.0 Å². The molecule has 2 rings (SSSR count). The molecule has 0 fully saturated rings. The Morgan fingerprint density at radius 2 is 1.85 bits per heavy atom. The summed E-state index contributed by atoms with van der Waals surface area (Å²) in [5, 5.41) is 0. The highest BCUT2D eigenvalue weighted by atomic mass is 127.